The van der Waals surface area contributed by atoms with Crippen molar-refractivity contribution in [2.75, 3.05) is 19.0 Å². The number of methoxy groups -OCH3 is 1. The monoisotopic (exact) mass is 577 g/mol. The van der Waals surface area contributed by atoms with Gasteiger partial charge in [0.2, 0.25) is 5.91 Å². The minimum Gasteiger partial charge on any atom is -0.495 e. The van der Waals surface area contributed by atoms with Gasteiger partial charge in [0.25, 0.3) is 5.56 Å². The van der Waals surface area contributed by atoms with E-state index in [1.165, 1.54) is 23.9 Å². The second kappa shape index (κ2) is 12.6. The summed E-state index contributed by atoms with van der Waals surface area (Å²) in [6.07, 6.45) is 3.19. The molecule has 2 unspecified atom stereocenters. The highest BCUT2D eigenvalue weighted by atomic mass is 35.5. The lowest BCUT2D eigenvalue weighted by Gasteiger charge is -2.24. The Balaban J connectivity index is 1.66. The Bertz CT molecular complexity index is 1530. The van der Waals surface area contributed by atoms with E-state index < -0.39 is 29.1 Å². The smallest absolute Gasteiger partial charge is 0.338 e. The minimum atomic E-state index is -0.922. The first-order valence-electron chi connectivity index (χ1n) is 13.2. The number of hydrogen-bond acceptors (Lipinski definition) is 7. The van der Waals surface area contributed by atoms with Crippen molar-refractivity contribution in [2.45, 2.75) is 57.8 Å². The number of anilines is 1. The molecule has 10 heteroatoms. The number of nitriles is 1. The Labute approximate surface area is 243 Å². The summed E-state index contributed by atoms with van der Waals surface area (Å²) >= 11 is 6.18. The molecule has 3 aromatic rings. The highest BCUT2D eigenvalue weighted by Gasteiger charge is 2.29. The van der Waals surface area contributed by atoms with E-state index in [9.17, 15) is 19.6 Å². The van der Waals surface area contributed by atoms with Crippen LogP contribution in [0.3, 0.4) is 0 Å². The van der Waals surface area contributed by atoms with Gasteiger partial charge in [-0.25, -0.2) is 4.79 Å². The summed E-state index contributed by atoms with van der Waals surface area (Å²) in [5.41, 5.74) is 0.883. The fourth-order valence-electron chi connectivity index (χ4n) is 4.66. The van der Waals surface area contributed by atoms with E-state index in [0.29, 0.717) is 45.3 Å². The minimum absolute atomic E-state index is 0.198. The van der Waals surface area contributed by atoms with Gasteiger partial charge >= 0.3 is 5.97 Å². The Morgan fingerprint density at radius 2 is 1.90 bits per heavy atom. The van der Waals surface area contributed by atoms with Crippen LogP contribution in [-0.2, 0) is 14.3 Å². The number of rotatable bonds is 8. The fourth-order valence-corrected chi connectivity index (χ4v) is 4.83. The molecule has 41 heavy (non-hydrogen) atoms. The molecule has 0 spiro atoms. The molecule has 1 fully saturated rings. The van der Waals surface area contributed by atoms with Gasteiger partial charge in [-0.05, 0) is 76.1 Å². The summed E-state index contributed by atoms with van der Waals surface area (Å²) < 4.78 is 18.1. The van der Waals surface area contributed by atoms with Crippen LogP contribution in [0, 0.1) is 11.3 Å². The Hall–Kier alpha value is -4.13. The van der Waals surface area contributed by atoms with Crippen molar-refractivity contribution >= 4 is 29.2 Å². The van der Waals surface area contributed by atoms with Gasteiger partial charge in [-0.1, -0.05) is 11.6 Å². The van der Waals surface area contributed by atoms with Gasteiger partial charge in [-0.2, -0.15) is 5.26 Å². The fraction of sp³-hybridized carbons (Fsp3) is 0.355. The van der Waals surface area contributed by atoms with Gasteiger partial charge in [0.15, 0.2) is 0 Å². The van der Waals surface area contributed by atoms with Crippen LogP contribution in [0.15, 0.2) is 59.5 Å². The third-order valence-corrected chi connectivity index (χ3v) is 6.83. The van der Waals surface area contributed by atoms with Crippen molar-refractivity contribution in [2.24, 2.45) is 0 Å². The van der Waals surface area contributed by atoms with Crippen LogP contribution in [0.5, 0.6) is 5.75 Å². The molecule has 1 N–H and O–H groups in total. The van der Waals surface area contributed by atoms with Gasteiger partial charge in [0.05, 0.1) is 36.6 Å². The number of benzene rings is 2. The molecule has 2 atom stereocenters. The van der Waals surface area contributed by atoms with E-state index in [-0.39, 0.29) is 12.5 Å². The number of aromatic nitrogens is 1. The lowest BCUT2D eigenvalue weighted by molar-refractivity contribution is -0.120. The number of pyridine rings is 1. The molecule has 1 amide bonds. The number of esters is 1. The number of carbonyl (C=O) groups excluding carboxylic acids is 2. The first kappa shape index (κ1) is 29.8. The molecule has 1 aliphatic heterocycles. The molecule has 2 aromatic carbocycles. The molecule has 4 rings (SSSR count). The molecule has 0 radical (unpaired) electrons. The molecule has 0 saturated carbocycles. The zero-order valence-corrected chi connectivity index (χ0v) is 24.2. The molecule has 1 aliphatic rings. The number of amides is 1. The summed E-state index contributed by atoms with van der Waals surface area (Å²) in [6, 6.07) is 13.7. The van der Waals surface area contributed by atoms with Gasteiger partial charge < -0.3 is 19.5 Å². The molecule has 0 bridgehead atoms. The SMILES string of the molecule is COc1cn(C(CC2CCCO2)C(=O)Nc2ccc(C(=O)OC(C)(C)C)cc2)c(=O)cc1-c1cc(Cl)ccc1C#N. The quantitative estimate of drug-likeness (QED) is 0.338. The predicted octanol–water partition coefficient (Wildman–Crippen LogP) is 5.75. The topological polar surface area (TPSA) is 120 Å². The molecular weight excluding hydrogens is 546 g/mol. The average molecular weight is 578 g/mol. The van der Waals surface area contributed by atoms with Crippen molar-refractivity contribution in [3.8, 4) is 22.9 Å². The molecule has 0 aliphatic carbocycles. The third kappa shape index (κ3) is 7.34. The maximum atomic E-state index is 13.6. The third-order valence-electron chi connectivity index (χ3n) is 6.59. The van der Waals surface area contributed by atoms with Crippen LogP contribution in [0.1, 0.15) is 62.0 Å². The Morgan fingerprint density at radius 3 is 2.51 bits per heavy atom. The second-order valence-corrected chi connectivity index (χ2v) is 11.2. The number of ether oxygens (including phenoxy) is 3. The van der Waals surface area contributed by atoms with Gasteiger partial charge in [0, 0.05) is 40.9 Å². The van der Waals surface area contributed by atoms with Crippen molar-refractivity contribution in [1.29, 1.82) is 5.26 Å². The highest BCUT2D eigenvalue weighted by Crippen LogP contribution is 2.34. The number of halogens is 1. The van der Waals surface area contributed by atoms with E-state index >= 15 is 0 Å². The van der Waals surface area contributed by atoms with Crippen molar-refractivity contribution in [3.05, 3.63) is 81.2 Å². The average Bonchev–Trinajstić information content (AvgIpc) is 3.44. The Kier molecular flexibility index (Phi) is 9.16. The lowest BCUT2D eigenvalue weighted by Crippen LogP contribution is -2.35. The van der Waals surface area contributed by atoms with Crippen LogP contribution in [0.25, 0.3) is 11.1 Å². The standard InChI is InChI=1S/C31H32ClN3O6/c1-31(2,3)41-30(38)19-8-11-22(12-9-19)34-29(37)26(15-23-6-5-13-40-23)35-18-27(39-4)25(16-28(35)36)24-14-21(32)10-7-20(24)17-33/h7-12,14,16,18,23,26H,5-6,13,15H2,1-4H3,(H,34,37). The molecule has 214 valence electrons. The summed E-state index contributed by atoms with van der Waals surface area (Å²) in [4.78, 5) is 39.5. The zero-order valence-electron chi connectivity index (χ0n) is 23.4. The maximum Gasteiger partial charge on any atom is 0.338 e. The van der Waals surface area contributed by atoms with E-state index in [1.807, 2.05) is 0 Å². The van der Waals surface area contributed by atoms with E-state index in [2.05, 4.69) is 11.4 Å². The van der Waals surface area contributed by atoms with Crippen LogP contribution in [0.4, 0.5) is 5.69 Å². The van der Waals surface area contributed by atoms with Crippen LogP contribution in [-0.4, -0.2) is 41.9 Å². The first-order valence-corrected chi connectivity index (χ1v) is 13.6. The molecule has 2 heterocycles. The van der Waals surface area contributed by atoms with Gasteiger partial charge in [-0.3, -0.25) is 14.2 Å². The van der Waals surface area contributed by atoms with Gasteiger partial charge in [-0.15, -0.1) is 0 Å². The second-order valence-electron chi connectivity index (χ2n) is 10.8. The van der Waals surface area contributed by atoms with Crippen LogP contribution in [0.2, 0.25) is 5.02 Å². The largest absolute Gasteiger partial charge is 0.495 e. The summed E-state index contributed by atoms with van der Waals surface area (Å²) in [6.45, 7) is 5.95. The van der Waals surface area contributed by atoms with E-state index in [1.54, 1.807) is 63.2 Å². The van der Waals surface area contributed by atoms with Crippen molar-refractivity contribution in [3.63, 3.8) is 0 Å². The molecular formula is C31H32ClN3O6. The maximum absolute atomic E-state index is 13.6. The number of nitrogens with one attached hydrogen (secondary N) is 1. The molecule has 1 aromatic heterocycles. The molecule has 9 nitrogen and oxygen atoms in total. The first-order chi connectivity index (χ1) is 19.5. The van der Waals surface area contributed by atoms with Gasteiger partial charge in [0.1, 0.15) is 17.4 Å². The number of hydrogen-bond donors (Lipinski definition) is 1. The summed E-state index contributed by atoms with van der Waals surface area (Å²) in [5.74, 6) is -0.595. The normalized spacial score (nSPS) is 15.6. The summed E-state index contributed by atoms with van der Waals surface area (Å²) in [5, 5.41) is 12.9. The number of nitrogens with zero attached hydrogens (tertiary/aromatic N) is 2. The molecule has 1 saturated heterocycles. The zero-order chi connectivity index (χ0) is 29.7. The lowest BCUT2D eigenvalue weighted by atomic mass is 9.99. The van der Waals surface area contributed by atoms with Crippen molar-refractivity contribution in [1.82, 2.24) is 4.57 Å². The summed E-state index contributed by atoms with van der Waals surface area (Å²) in [7, 11) is 1.45. The Morgan fingerprint density at radius 1 is 1.17 bits per heavy atom. The predicted molar refractivity (Wildman–Crippen MR) is 155 cm³/mol. The van der Waals surface area contributed by atoms with Crippen LogP contribution < -0.4 is 15.6 Å². The van der Waals surface area contributed by atoms with Crippen molar-refractivity contribution < 1.29 is 23.8 Å². The van der Waals surface area contributed by atoms with E-state index in [0.717, 1.165) is 12.8 Å². The van der Waals surface area contributed by atoms with Crippen LogP contribution >= 0.6 is 11.6 Å². The highest BCUT2D eigenvalue weighted by molar-refractivity contribution is 6.31. The van der Waals surface area contributed by atoms with E-state index in [4.69, 9.17) is 25.8 Å². The number of carbonyl (C=O) groups is 2.